The Hall–Kier alpha value is -8.60. The maximum atomic E-state index is 14.6. The number of amides is 8. The number of nitrogens with zero attached hydrogens (tertiary/aromatic N) is 4. The van der Waals surface area contributed by atoms with Crippen LogP contribution >= 0.6 is 11.3 Å². The molecule has 23 heteroatoms. The maximum absolute atomic E-state index is 14.6. The second kappa shape index (κ2) is 25.1. The Morgan fingerprint density at radius 1 is 0.842 bits per heavy atom. The number of ether oxygens (including phenoxy) is 2. The van der Waals surface area contributed by atoms with Crippen LogP contribution in [0, 0.1) is 5.92 Å². The minimum atomic E-state index is -4.97. The number of benzene rings is 4. The molecule has 0 bridgehead atoms. The number of pyridine rings is 1. The van der Waals surface area contributed by atoms with E-state index in [0.717, 1.165) is 28.4 Å². The number of aromatic nitrogens is 2. The minimum absolute atomic E-state index is 0.0628. The number of nitrogens with two attached hydrogens (primary N) is 1. The Morgan fingerprint density at radius 3 is 2.25 bits per heavy atom. The highest BCUT2D eigenvalue weighted by Crippen LogP contribution is 2.43. The molecule has 1 aliphatic rings. The number of thiazole rings is 1. The number of anilines is 2. The van der Waals surface area contributed by atoms with Gasteiger partial charge in [0.1, 0.15) is 35.7 Å². The SMILES string of the molecule is CC(C)[C@H](NC(=O)CCCCCN1C(=O)C=CC1=O)C(=O)N[C@@H](CCCNC(N)=O)C(=O)Nc1ccc(COC(=O)N(c2nc3ccccc3s2)C(c2ccc(OC(F)(F)F)cc2)c2ccc3cccnc3c2O)cc1. The summed E-state index contributed by atoms with van der Waals surface area (Å²) in [6, 6.07) is 20.7. The van der Waals surface area contributed by atoms with Gasteiger partial charge in [-0.05, 0) is 85.2 Å². The topological polar surface area (TPSA) is 265 Å². The van der Waals surface area contributed by atoms with Crippen molar-refractivity contribution in [3.63, 3.8) is 0 Å². The number of aromatic hydroxyl groups is 1. The van der Waals surface area contributed by atoms with E-state index in [0.29, 0.717) is 46.1 Å². The van der Waals surface area contributed by atoms with Crippen LogP contribution in [0.1, 0.15) is 75.1 Å². The Labute approximate surface area is 437 Å². The number of alkyl halides is 3. The average molecular weight is 1070 g/mol. The van der Waals surface area contributed by atoms with Gasteiger partial charge in [0.15, 0.2) is 5.13 Å². The number of carbonyl (C=O) groups excluding carboxylic acids is 7. The van der Waals surface area contributed by atoms with Gasteiger partial charge in [-0.3, -0.25) is 33.9 Å². The van der Waals surface area contributed by atoms with Crippen LogP contribution in [0.25, 0.3) is 21.1 Å². The van der Waals surface area contributed by atoms with E-state index in [1.807, 2.05) is 0 Å². The number of imide groups is 1. The van der Waals surface area contributed by atoms with Gasteiger partial charge in [0.25, 0.3) is 11.8 Å². The van der Waals surface area contributed by atoms with Crippen LogP contribution in [0.5, 0.6) is 11.5 Å². The van der Waals surface area contributed by atoms with Gasteiger partial charge in [-0.15, -0.1) is 13.2 Å². The molecule has 0 fully saturated rings. The molecule has 19 nitrogen and oxygen atoms in total. The molecule has 0 saturated heterocycles. The van der Waals surface area contributed by atoms with Gasteiger partial charge in [-0.2, -0.15) is 0 Å². The van der Waals surface area contributed by atoms with Crippen molar-refractivity contribution < 1.29 is 61.3 Å². The number of carbonyl (C=O) groups is 7. The average Bonchev–Trinajstić information content (AvgIpc) is 3.97. The Morgan fingerprint density at radius 2 is 1.57 bits per heavy atom. The van der Waals surface area contributed by atoms with Gasteiger partial charge in [0.2, 0.25) is 17.7 Å². The van der Waals surface area contributed by atoms with Gasteiger partial charge in [0, 0.05) is 54.5 Å². The number of primary amides is 1. The number of phenols is 1. The summed E-state index contributed by atoms with van der Waals surface area (Å²) in [4.78, 5) is 102. The molecule has 7 N–H and O–H groups in total. The zero-order chi connectivity index (χ0) is 54.5. The smallest absolute Gasteiger partial charge is 0.505 e. The summed E-state index contributed by atoms with van der Waals surface area (Å²) in [5.74, 6) is -3.60. The van der Waals surface area contributed by atoms with Gasteiger partial charge in [-0.25, -0.2) is 19.5 Å². The summed E-state index contributed by atoms with van der Waals surface area (Å²) < 4.78 is 50.4. The number of phenolic OH excluding ortho intramolecular Hbond substituents is 1. The lowest BCUT2D eigenvalue weighted by Gasteiger charge is -2.30. The predicted octanol–water partition coefficient (Wildman–Crippen LogP) is 7.88. The molecule has 3 atom stereocenters. The van der Waals surface area contributed by atoms with Crippen LogP contribution < -0.4 is 36.6 Å². The normalized spacial score (nSPS) is 13.6. The third-order valence-electron chi connectivity index (χ3n) is 12.1. The Kier molecular flexibility index (Phi) is 18.2. The van der Waals surface area contributed by atoms with Gasteiger partial charge >= 0.3 is 18.5 Å². The fourth-order valence-corrected chi connectivity index (χ4v) is 9.27. The summed E-state index contributed by atoms with van der Waals surface area (Å²) in [5.41, 5.74) is 7.15. The first-order chi connectivity index (χ1) is 36.3. The van der Waals surface area contributed by atoms with Crippen molar-refractivity contribution in [3.05, 3.63) is 132 Å². The summed E-state index contributed by atoms with van der Waals surface area (Å²) in [5, 5.41) is 23.2. The molecular formula is C53H54F3N9O10S. The summed E-state index contributed by atoms with van der Waals surface area (Å²) >= 11 is 1.14. The number of para-hydroxylation sites is 1. The van der Waals surface area contributed by atoms with Crippen LogP contribution in [-0.2, 0) is 35.3 Å². The Balaban J connectivity index is 1.05. The molecule has 0 spiro atoms. The monoisotopic (exact) mass is 1070 g/mol. The highest BCUT2D eigenvalue weighted by atomic mass is 32.1. The number of rotatable bonds is 23. The zero-order valence-corrected chi connectivity index (χ0v) is 42.0. The van der Waals surface area contributed by atoms with Crippen molar-refractivity contribution in [2.24, 2.45) is 11.7 Å². The lowest BCUT2D eigenvalue weighted by molar-refractivity contribution is -0.274. The molecule has 2 aromatic heterocycles. The number of urea groups is 1. The van der Waals surface area contributed by atoms with E-state index in [2.05, 4.69) is 31.0 Å². The molecule has 0 aliphatic carbocycles. The molecule has 4 aromatic carbocycles. The van der Waals surface area contributed by atoms with Crippen molar-refractivity contribution in [1.29, 1.82) is 0 Å². The molecule has 1 unspecified atom stereocenters. The van der Waals surface area contributed by atoms with E-state index < -0.39 is 60.1 Å². The summed E-state index contributed by atoms with van der Waals surface area (Å²) in [6.45, 7) is 3.47. The number of hydrogen-bond donors (Lipinski definition) is 6. The van der Waals surface area contributed by atoms with Crippen LogP contribution in [-0.4, -0.2) is 93.2 Å². The van der Waals surface area contributed by atoms with Crippen LogP contribution in [0.4, 0.5) is 33.6 Å². The fourth-order valence-electron chi connectivity index (χ4n) is 8.28. The number of hydrogen-bond acceptors (Lipinski definition) is 13. The highest BCUT2D eigenvalue weighted by Gasteiger charge is 2.36. The third-order valence-corrected chi connectivity index (χ3v) is 13.1. The first-order valence-corrected chi connectivity index (χ1v) is 25.0. The lowest BCUT2D eigenvalue weighted by atomic mass is 9.95. The first-order valence-electron chi connectivity index (χ1n) is 24.2. The maximum Gasteiger partial charge on any atom is 0.573 e. The fraction of sp³-hybridized carbons (Fsp3) is 0.302. The van der Waals surface area contributed by atoms with E-state index in [9.17, 15) is 51.8 Å². The molecule has 0 radical (unpaired) electrons. The van der Waals surface area contributed by atoms with Gasteiger partial charge in [0.05, 0.1) is 16.3 Å². The van der Waals surface area contributed by atoms with Crippen LogP contribution in [0.15, 0.2) is 115 Å². The number of halogens is 3. The van der Waals surface area contributed by atoms with E-state index in [1.54, 1.807) is 86.6 Å². The van der Waals surface area contributed by atoms with Crippen molar-refractivity contribution >= 4 is 84.9 Å². The molecule has 76 heavy (non-hydrogen) atoms. The molecule has 1 aliphatic heterocycles. The number of nitrogens with one attached hydrogen (secondary N) is 4. The van der Waals surface area contributed by atoms with Crippen LogP contribution in [0.2, 0.25) is 0 Å². The molecule has 6 aromatic rings. The molecule has 398 valence electrons. The van der Waals surface area contributed by atoms with E-state index in [-0.39, 0.29) is 84.2 Å². The second-order valence-electron chi connectivity index (χ2n) is 17.9. The third kappa shape index (κ3) is 14.6. The first kappa shape index (κ1) is 55.2. The van der Waals surface area contributed by atoms with Gasteiger partial charge < -0.3 is 41.6 Å². The van der Waals surface area contributed by atoms with E-state index >= 15 is 0 Å². The van der Waals surface area contributed by atoms with Crippen molar-refractivity contribution in [1.82, 2.24) is 30.8 Å². The quantitative estimate of drug-likeness (QED) is 0.0264. The standard InChI is InChI=1S/C53H54F3N9O10S/c1-31(2)44(63-41(66)14-4-3-7-29-64-42(67)25-26-43(64)68)49(71)61-39(12-9-28-59-50(57)72)48(70)60-35-20-15-32(16-21-35)30-74-52(73)65(51-62-38-11-5-6-13-40(38)76-51)46(34-17-22-36(23-18-34)75-53(54,55)56)37-24-19-33-10-8-27-58-45(33)47(37)69/h5-6,8,10-11,13,15-27,31,39,44,46,69H,3-4,7,9,12,14,28-30H2,1-2H3,(H,60,70)(H,61,71)(H,63,66)(H3,57,59,72)/t39-,44-,46?/m0/s1. The van der Waals surface area contributed by atoms with E-state index in [4.69, 9.17) is 15.5 Å². The van der Waals surface area contributed by atoms with Gasteiger partial charge in [-0.1, -0.05) is 86.2 Å². The zero-order valence-electron chi connectivity index (χ0n) is 41.2. The second-order valence-corrected chi connectivity index (χ2v) is 18.9. The molecule has 8 amide bonds. The highest BCUT2D eigenvalue weighted by molar-refractivity contribution is 7.22. The minimum Gasteiger partial charge on any atom is -0.505 e. The molecule has 0 saturated carbocycles. The number of fused-ring (bicyclic) bond motifs is 2. The summed E-state index contributed by atoms with van der Waals surface area (Å²) in [7, 11) is 0. The Bertz CT molecular complexity index is 3070. The summed E-state index contributed by atoms with van der Waals surface area (Å²) in [6.07, 6.45) is -0.167. The van der Waals surface area contributed by atoms with Crippen molar-refractivity contribution in [2.45, 2.75) is 83.5 Å². The molecular weight excluding hydrogens is 1010 g/mol. The van der Waals surface area contributed by atoms with Crippen LogP contribution in [0.3, 0.4) is 0 Å². The van der Waals surface area contributed by atoms with Crippen molar-refractivity contribution in [3.8, 4) is 11.5 Å². The van der Waals surface area contributed by atoms with Crippen molar-refractivity contribution in [2.75, 3.05) is 23.3 Å². The predicted molar refractivity (Wildman–Crippen MR) is 276 cm³/mol. The lowest BCUT2D eigenvalue weighted by Crippen LogP contribution is -2.54. The largest absolute Gasteiger partial charge is 0.573 e. The number of unbranched alkanes of at least 4 members (excludes halogenated alkanes) is 2. The molecule has 7 rings (SSSR count). The molecule has 3 heterocycles. The van der Waals surface area contributed by atoms with E-state index in [1.165, 1.54) is 35.4 Å².